The number of carbonyl (C=O) groups is 1. The van der Waals surface area contributed by atoms with Crippen LogP contribution in [0.5, 0.6) is 5.75 Å². The summed E-state index contributed by atoms with van der Waals surface area (Å²) in [7, 11) is 0. The van der Waals surface area contributed by atoms with Crippen LogP contribution in [0.15, 0.2) is 73.1 Å². The Morgan fingerprint density at radius 3 is 2.69 bits per heavy atom. The van der Waals surface area contributed by atoms with E-state index >= 15 is 0 Å². The molecule has 160 valence electrons. The first-order chi connectivity index (χ1) is 15.6. The lowest BCUT2D eigenvalue weighted by atomic mass is 10.00. The molecule has 0 bridgehead atoms. The Hall–Kier alpha value is -3.98. The highest BCUT2D eigenvalue weighted by Crippen LogP contribution is 2.39. The van der Waals surface area contributed by atoms with E-state index < -0.39 is 18.2 Å². The summed E-state index contributed by atoms with van der Waals surface area (Å²) in [4.78, 5) is 19.9. The van der Waals surface area contributed by atoms with Crippen LogP contribution < -0.4 is 4.90 Å². The maximum atomic E-state index is 12.9. The van der Waals surface area contributed by atoms with Crippen LogP contribution in [0, 0.1) is 0 Å². The van der Waals surface area contributed by atoms with Gasteiger partial charge in [0.15, 0.2) is 0 Å². The summed E-state index contributed by atoms with van der Waals surface area (Å²) >= 11 is 6.02. The highest BCUT2D eigenvalue weighted by atomic mass is 35.5. The number of benzene rings is 2. The van der Waals surface area contributed by atoms with E-state index in [4.69, 9.17) is 16.3 Å². The molecule has 1 amide bonds. The highest BCUT2D eigenvalue weighted by molar-refractivity contribution is 6.30. The van der Waals surface area contributed by atoms with Gasteiger partial charge in [-0.25, -0.2) is 4.79 Å². The minimum absolute atomic E-state index is 0.0920. The molecule has 0 radical (unpaired) electrons. The number of aromatic hydroxyl groups is 1. The molecule has 2 atom stereocenters. The van der Waals surface area contributed by atoms with Gasteiger partial charge in [-0.05, 0) is 59.3 Å². The number of carbonyl (C=O) groups excluding carboxylic acids is 1. The number of phenolic OH excluding ortho intramolecular Hbond substituents is 1. The molecule has 4 aromatic rings. The Labute approximate surface area is 187 Å². The number of aromatic nitrogens is 5. The van der Waals surface area contributed by atoms with Crippen LogP contribution in [-0.2, 0) is 11.3 Å². The number of halogens is 1. The number of anilines is 1. The molecule has 5 rings (SSSR count). The second-order valence-electron chi connectivity index (χ2n) is 7.22. The first-order valence-corrected chi connectivity index (χ1v) is 10.2. The highest BCUT2D eigenvalue weighted by Gasteiger charge is 2.44. The zero-order chi connectivity index (χ0) is 22.1. The molecule has 0 spiro atoms. The van der Waals surface area contributed by atoms with Gasteiger partial charge in [-0.15, -0.1) is 10.2 Å². The molecule has 0 saturated carbocycles. The maximum absolute atomic E-state index is 12.9. The lowest BCUT2D eigenvalue weighted by Crippen LogP contribution is -2.31. The molecule has 0 aliphatic carbocycles. The van der Waals surface area contributed by atoms with Crippen molar-refractivity contribution in [3.05, 3.63) is 83.6 Å². The van der Waals surface area contributed by atoms with Crippen LogP contribution in [-0.4, -0.2) is 42.5 Å². The third kappa shape index (κ3) is 3.85. The molecule has 1 saturated heterocycles. The topological polar surface area (TPSA) is 106 Å². The van der Waals surface area contributed by atoms with Crippen molar-refractivity contribution < 1.29 is 14.6 Å². The standard InChI is InChI=1S/C22H17ClN6O3/c23-16-6-8-17(9-7-16)29-20(14-3-1-5-18(30)11-14)19(32-22(29)31)13-28-26-21(25-27-28)15-4-2-10-24-12-15/h1-12,19-20,30H,13H2/t19-,20-/m0/s1. The lowest BCUT2D eigenvalue weighted by molar-refractivity contribution is 0.114. The van der Waals surface area contributed by atoms with Crippen LogP contribution in [0.25, 0.3) is 11.4 Å². The molecule has 1 aliphatic rings. The molecular weight excluding hydrogens is 432 g/mol. The van der Waals surface area contributed by atoms with Gasteiger partial charge < -0.3 is 9.84 Å². The minimum Gasteiger partial charge on any atom is -0.508 e. The van der Waals surface area contributed by atoms with Crippen molar-refractivity contribution in [2.75, 3.05) is 4.90 Å². The van der Waals surface area contributed by atoms with E-state index in [1.54, 1.807) is 60.9 Å². The number of hydrogen-bond donors (Lipinski definition) is 1. The van der Waals surface area contributed by atoms with Crippen molar-refractivity contribution in [1.82, 2.24) is 25.2 Å². The van der Waals surface area contributed by atoms with E-state index in [0.717, 1.165) is 5.56 Å². The Kier molecular flexibility index (Phi) is 5.16. The number of pyridine rings is 1. The van der Waals surface area contributed by atoms with Gasteiger partial charge in [0.25, 0.3) is 0 Å². The van der Waals surface area contributed by atoms with Gasteiger partial charge in [0.2, 0.25) is 5.82 Å². The van der Waals surface area contributed by atoms with Crippen molar-refractivity contribution in [1.29, 1.82) is 0 Å². The van der Waals surface area contributed by atoms with E-state index in [-0.39, 0.29) is 12.3 Å². The molecule has 32 heavy (non-hydrogen) atoms. The number of cyclic esters (lactones) is 1. The maximum Gasteiger partial charge on any atom is 0.415 e. The Balaban J connectivity index is 1.49. The summed E-state index contributed by atoms with van der Waals surface area (Å²) < 4.78 is 5.72. The first kappa shape index (κ1) is 20.0. The quantitative estimate of drug-likeness (QED) is 0.494. The number of hydrogen-bond acceptors (Lipinski definition) is 7. The van der Waals surface area contributed by atoms with Crippen LogP contribution in [0.4, 0.5) is 10.5 Å². The number of amides is 1. The van der Waals surface area contributed by atoms with Crippen molar-refractivity contribution in [3.8, 4) is 17.1 Å². The molecule has 2 aromatic heterocycles. The van der Waals surface area contributed by atoms with Gasteiger partial charge in [0.1, 0.15) is 24.4 Å². The zero-order valence-electron chi connectivity index (χ0n) is 16.6. The van der Waals surface area contributed by atoms with Crippen molar-refractivity contribution in [3.63, 3.8) is 0 Å². The SMILES string of the molecule is O=C1O[C@@H](Cn2nnc(-c3cccnc3)n2)[C@H](c2cccc(O)c2)N1c1ccc(Cl)cc1. The third-order valence-electron chi connectivity index (χ3n) is 5.11. The van der Waals surface area contributed by atoms with Crippen LogP contribution in [0.2, 0.25) is 5.02 Å². The van der Waals surface area contributed by atoms with E-state index in [1.807, 2.05) is 12.1 Å². The number of phenols is 1. The molecule has 1 aliphatic heterocycles. The fourth-order valence-electron chi connectivity index (χ4n) is 3.70. The molecule has 3 heterocycles. The summed E-state index contributed by atoms with van der Waals surface area (Å²) in [5, 5.41) is 23.2. The summed E-state index contributed by atoms with van der Waals surface area (Å²) in [6.45, 7) is 0.170. The molecule has 1 fully saturated rings. The van der Waals surface area contributed by atoms with Crippen molar-refractivity contribution in [2.45, 2.75) is 18.7 Å². The van der Waals surface area contributed by atoms with Gasteiger partial charge in [0.05, 0.1) is 0 Å². The molecule has 10 heteroatoms. The number of tetrazole rings is 1. The van der Waals surface area contributed by atoms with Gasteiger partial charge in [-0.3, -0.25) is 9.88 Å². The fraction of sp³-hybridized carbons (Fsp3) is 0.136. The summed E-state index contributed by atoms with van der Waals surface area (Å²) in [6.07, 6.45) is 2.17. The normalized spacial score (nSPS) is 18.0. The summed E-state index contributed by atoms with van der Waals surface area (Å²) in [5.41, 5.74) is 2.07. The first-order valence-electron chi connectivity index (χ1n) is 9.81. The molecule has 9 nitrogen and oxygen atoms in total. The van der Waals surface area contributed by atoms with Gasteiger partial charge in [-0.2, -0.15) is 4.80 Å². The van der Waals surface area contributed by atoms with Gasteiger partial charge in [0, 0.05) is 28.7 Å². The minimum atomic E-state index is -0.629. The lowest BCUT2D eigenvalue weighted by Gasteiger charge is -2.25. The Bertz CT molecular complexity index is 1250. The summed E-state index contributed by atoms with van der Waals surface area (Å²) in [6, 6.07) is 16.7. The van der Waals surface area contributed by atoms with Gasteiger partial charge in [-0.1, -0.05) is 23.7 Å². The molecule has 0 unspecified atom stereocenters. The Morgan fingerprint density at radius 1 is 1.09 bits per heavy atom. The smallest absolute Gasteiger partial charge is 0.415 e. The van der Waals surface area contributed by atoms with Gasteiger partial charge >= 0.3 is 6.09 Å². The third-order valence-corrected chi connectivity index (χ3v) is 5.36. The van der Waals surface area contributed by atoms with E-state index in [2.05, 4.69) is 20.4 Å². The van der Waals surface area contributed by atoms with Crippen molar-refractivity contribution in [2.24, 2.45) is 0 Å². The van der Waals surface area contributed by atoms with Crippen LogP contribution in [0.3, 0.4) is 0 Å². The van der Waals surface area contributed by atoms with Crippen molar-refractivity contribution >= 4 is 23.4 Å². The van der Waals surface area contributed by atoms with E-state index in [9.17, 15) is 9.90 Å². The van der Waals surface area contributed by atoms with Crippen LogP contribution in [0.1, 0.15) is 11.6 Å². The average Bonchev–Trinajstić information content (AvgIpc) is 3.39. The second kappa shape index (κ2) is 8.27. The molecule has 2 aromatic carbocycles. The Morgan fingerprint density at radius 2 is 1.94 bits per heavy atom. The molecule has 1 N–H and O–H groups in total. The average molecular weight is 449 g/mol. The predicted molar refractivity (Wildman–Crippen MR) is 116 cm³/mol. The van der Waals surface area contributed by atoms with E-state index in [1.165, 1.54) is 9.70 Å². The number of rotatable bonds is 5. The predicted octanol–water partition coefficient (Wildman–Crippen LogP) is 3.86. The number of ether oxygens (including phenoxy) is 1. The second-order valence-corrected chi connectivity index (χ2v) is 7.65. The largest absolute Gasteiger partial charge is 0.508 e. The fourth-order valence-corrected chi connectivity index (χ4v) is 3.83. The number of nitrogens with zero attached hydrogens (tertiary/aromatic N) is 6. The summed E-state index contributed by atoms with van der Waals surface area (Å²) in [5.74, 6) is 0.514. The van der Waals surface area contributed by atoms with Crippen LogP contribution >= 0.6 is 11.6 Å². The zero-order valence-corrected chi connectivity index (χ0v) is 17.4. The monoisotopic (exact) mass is 448 g/mol. The van der Waals surface area contributed by atoms with E-state index in [0.29, 0.717) is 22.1 Å². The molecular formula is C22H17ClN6O3.